The maximum absolute atomic E-state index is 13.6. The molecule has 0 bridgehead atoms. The molecule has 0 aliphatic carbocycles. The molecule has 1 saturated heterocycles. The fourth-order valence-electron chi connectivity index (χ4n) is 4.95. The summed E-state index contributed by atoms with van der Waals surface area (Å²) >= 11 is 0. The summed E-state index contributed by atoms with van der Waals surface area (Å²) < 4.78 is 11.2. The summed E-state index contributed by atoms with van der Waals surface area (Å²) in [6, 6.07) is 17.8. The van der Waals surface area contributed by atoms with E-state index in [-0.39, 0.29) is 22.9 Å². The van der Waals surface area contributed by atoms with Crippen LogP contribution in [-0.4, -0.2) is 30.0 Å². The second-order valence-corrected chi connectivity index (χ2v) is 11.3. The second kappa shape index (κ2) is 10.6. The minimum absolute atomic E-state index is 0.00380. The topological polar surface area (TPSA) is 76.1 Å². The summed E-state index contributed by atoms with van der Waals surface area (Å²) in [7, 11) is 1.59. The van der Waals surface area contributed by atoms with Gasteiger partial charge in [-0.15, -0.1) is 0 Å². The van der Waals surface area contributed by atoms with Crippen LogP contribution in [0.4, 0.5) is 5.69 Å². The molecular formula is C33H37NO5. The van der Waals surface area contributed by atoms with Crippen molar-refractivity contribution in [3.05, 3.63) is 94.1 Å². The monoisotopic (exact) mass is 527 g/mol. The van der Waals surface area contributed by atoms with Gasteiger partial charge in [0.15, 0.2) is 0 Å². The van der Waals surface area contributed by atoms with Gasteiger partial charge in [-0.25, -0.2) is 0 Å². The smallest absolute Gasteiger partial charge is 0.300 e. The highest BCUT2D eigenvalue weighted by Crippen LogP contribution is 2.43. The van der Waals surface area contributed by atoms with Gasteiger partial charge in [-0.1, -0.05) is 45.0 Å². The highest BCUT2D eigenvalue weighted by atomic mass is 16.5. The molecule has 6 heteroatoms. The number of ether oxygens (including phenoxy) is 2. The van der Waals surface area contributed by atoms with Crippen LogP contribution in [0.2, 0.25) is 0 Å². The third-order valence-corrected chi connectivity index (χ3v) is 7.02. The zero-order chi connectivity index (χ0) is 28.6. The number of aliphatic hydroxyl groups is 1. The van der Waals surface area contributed by atoms with Crippen molar-refractivity contribution in [2.45, 2.75) is 66.0 Å². The second-order valence-electron chi connectivity index (χ2n) is 11.3. The number of ketones is 1. The van der Waals surface area contributed by atoms with E-state index in [0.29, 0.717) is 28.3 Å². The van der Waals surface area contributed by atoms with Crippen molar-refractivity contribution in [3.8, 4) is 11.5 Å². The molecule has 1 aliphatic heterocycles. The number of hydrogen-bond donors (Lipinski definition) is 1. The van der Waals surface area contributed by atoms with Crippen molar-refractivity contribution in [1.82, 2.24) is 0 Å². The molecule has 3 aromatic carbocycles. The van der Waals surface area contributed by atoms with Gasteiger partial charge in [0.25, 0.3) is 11.7 Å². The molecule has 0 radical (unpaired) electrons. The van der Waals surface area contributed by atoms with Crippen LogP contribution in [0, 0.1) is 13.8 Å². The summed E-state index contributed by atoms with van der Waals surface area (Å²) in [5, 5.41) is 11.6. The van der Waals surface area contributed by atoms with Crippen LogP contribution in [0.25, 0.3) is 5.76 Å². The van der Waals surface area contributed by atoms with Gasteiger partial charge in [-0.3, -0.25) is 14.5 Å². The first-order chi connectivity index (χ1) is 18.3. The first-order valence-corrected chi connectivity index (χ1v) is 13.2. The maximum Gasteiger partial charge on any atom is 0.300 e. The van der Waals surface area contributed by atoms with E-state index >= 15 is 0 Å². The number of nitrogens with zero attached hydrogens (tertiary/aromatic N) is 1. The van der Waals surface area contributed by atoms with E-state index in [1.165, 1.54) is 4.90 Å². The first-order valence-electron chi connectivity index (χ1n) is 13.2. The molecule has 3 aromatic rings. The molecule has 0 saturated carbocycles. The van der Waals surface area contributed by atoms with Crippen LogP contribution in [0.5, 0.6) is 11.5 Å². The lowest BCUT2D eigenvalue weighted by atomic mass is 9.87. The van der Waals surface area contributed by atoms with Crippen molar-refractivity contribution in [2.24, 2.45) is 0 Å². The number of aliphatic hydroxyl groups excluding tert-OH is 1. The summed E-state index contributed by atoms with van der Waals surface area (Å²) in [6.07, 6.45) is 0.00380. The minimum atomic E-state index is -0.819. The lowest BCUT2D eigenvalue weighted by Crippen LogP contribution is -2.29. The lowest BCUT2D eigenvalue weighted by molar-refractivity contribution is -0.132. The fraction of sp³-hybridized carbons (Fsp3) is 0.333. The van der Waals surface area contributed by atoms with Crippen LogP contribution < -0.4 is 14.4 Å². The zero-order valence-electron chi connectivity index (χ0n) is 24.0. The zero-order valence-corrected chi connectivity index (χ0v) is 24.0. The van der Waals surface area contributed by atoms with Crippen molar-refractivity contribution in [2.75, 3.05) is 12.0 Å². The predicted molar refractivity (Wildman–Crippen MR) is 155 cm³/mol. The third kappa shape index (κ3) is 5.42. The standard InChI is InChI=1S/C33H37NO5/c1-19(2)39-25-15-9-22(10-16-25)29-28(30(35)26-17-21(4)27(38-8)18-20(26)3)31(36)32(37)34(29)24-13-11-23(12-14-24)33(5,6)7/h9-19,29,35H,1-8H3/b30-28+. The number of amides is 1. The number of benzene rings is 3. The van der Waals surface area contributed by atoms with Gasteiger partial charge >= 0.3 is 0 Å². The highest BCUT2D eigenvalue weighted by molar-refractivity contribution is 6.51. The maximum atomic E-state index is 13.6. The van der Waals surface area contributed by atoms with Gasteiger partial charge in [-0.05, 0) is 91.8 Å². The van der Waals surface area contributed by atoms with Crippen molar-refractivity contribution in [1.29, 1.82) is 0 Å². The third-order valence-electron chi connectivity index (χ3n) is 7.02. The van der Waals surface area contributed by atoms with E-state index in [1.54, 1.807) is 13.2 Å². The molecule has 0 aromatic heterocycles. The first kappa shape index (κ1) is 28.0. The number of aryl methyl sites for hydroxylation is 2. The molecule has 6 nitrogen and oxygen atoms in total. The number of methoxy groups -OCH3 is 1. The van der Waals surface area contributed by atoms with Crippen molar-refractivity contribution in [3.63, 3.8) is 0 Å². The average Bonchev–Trinajstić information content (AvgIpc) is 3.14. The molecule has 204 valence electrons. The van der Waals surface area contributed by atoms with E-state index in [0.717, 1.165) is 16.7 Å². The number of carbonyl (C=O) groups excluding carboxylic acids is 2. The number of anilines is 1. The lowest BCUT2D eigenvalue weighted by Gasteiger charge is -2.27. The van der Waals surface area contributed by atoms with Gasteiger partial charge in [0.05, 0.1) is 24.8 Å². The number of carbonyl (C=O) groups is 2. The normalized spacial score (nSPS) is 17.2. The minimum Gasteiger partial charge on any atom is -0.507 e. The molecule has 1 heterocycles. The van der Waals surface area contributed by atoms with E-state index in [9.17, 15) is 14.7 Å². The van der Waals surface area contributed by atoms with E-state index in [2.05, 4.69) is 20.8 Å². The van der Waals surface area contributed by atoms with Gasteiger partial charge < -0.3 is 14.6 Å². The van der Waals surface area contributed by atoms with Crippen LogP contribution in [-0.2, 0) is 15.0 Å². The summed E-state index contributed by atoms with van der Waals surface area (Å²) in [5.74, 6) is -0.260. The van der Waals surface area contributed by atoms with Crippen molar-refractivity contribution >= 4 is 23.1 Å². The highest BCUT2D eigenvalue weighted by Gasteiger charge is 2.47. The Morgan fingerprint density at radius 2 is 1.54 bits per heavy atom. The summed E-state index contributed by atoms with van der Waals surface area (Å²) in [4.78, 5) is 28.6. The summed E-state index contributed by atoms with van der Waals surface area (Å²) in [5.41, 5.74) is 4.39. The number of rotatable bonds is 6. The molecule has 1 N–H and O–H groups in total. The Labute approximate surface area is 230 Å². The molecule has 4 rings (SSSR count). The van der Waals surface area contributed by atoms with Gasteiger partial charge in [0.1, 0.15) is 17.3 Å². The van der Waals surface area contributed by atoms with Crippen LogP contribution in [0.1, 0.15) is 68.5 Å². The number of hydrogen-bond acceptors (Lipinski definition) is 5. The largest absolute Gasteiger partial charge is 0.507 e. The predicted octanol–water partition coefficient (Wildman–Crippen LogP) is 7.02. The Morgan fingerprint density at radius 1 is 0.923 bits per heavy atom. The molecule has 1 unspecified atom stereocenters. The quantitative estimate of drug-likeness (QED) is 0.212. The van der Waals surface area contributed by atoms with Gasteiger partial charge in [-0.2, -0.15) is 0 Å². The van der Waals surface area contributed by atoms with Gasteiger partial charge in [0.2, 0.25) is 0 Å². The van der Waals surface area contributed by atoms with E-state index in [1.807, 2.05) is 82.3 Å². The Hall–Kier alpha value is -4.06. The van der Waals surface area contributed by atoms with E-state index in [4.69, 9.17) is 9.47 Å². The average molecular weight is 528 g/mol. The Balaban J connectivity index is 1.91. The Morgan fingerprint density at radius 3 is 2.08 bits per heavy atom. The molecule has 0 spiro atoms. The molecule has 39 heavy (non-hydrogen) atoms. The van der Waals surface area contributed by atoms with Gasteiger partial charge in [0, 0.05) is 11.3 Å². The molecule has 1 aliphatic rings. The van der Waals surface area contributed by atoms with E-state index < -0.39 is 17.7 Å². The van der Waals surface area contributed by atoms with Crippen LogP contribution >= 0.6 is 0 Å². The SMILES string of the molecule is COc1cc(C)c(/C(O)=C2\C(=O)C(=O)N(c3ccc(C(C)(C)C)cc3)C2c2ccc(OC(C)C)cc2)cc1C. The molecule has 1 amide bonds. The van der Waals surface area contributed by atoms with Crippen LogP contribution in [0.3, 0.4) is 0 Å². The molecular weight excluding hydrogens is 490 g/mol. The fourth-order valence-corrected chi connectivity index (χ4v) is 4.95. The Bertz CT molecular complexity index is 1430. The number of Topliss-reactive ketones (excluding diaryl/α,β-unsaturated/α-hetero) is 1. The summed E-state index contributed by atoms with van der Waals surface area (Å²) in [6.45, 7) is 14.0. The van der Waals surface area contributed by atoms with Crippen molar-refractivity contribution < 1.29 is 24.2 Å². The molecule has 1 atom stereocenters. The van der Waals surface area contributed by atoms with Crippen LogP contribution in [0.15, 0.2) is 66.2 Å². The molecule has 1 fully saturated rings. The Kier molecular flexibility index (Phi) is 7.60.